The highest BCUT2D eigenvalue weighted by molar-refractivity contribution is 7.99. The van der Waals surface area contributed by atoms with Gasteiger partial charge in [-0.25, -0.2) is 9.97 Å². The van der Waals surface area contributed by atoms with E-state index in [0.29, 0.717) is 0 Å². The normalized spacial score (nSPS) is 13.2. The molecule has 2 aromatic heterocycles. The number of rotatable bonds is 4. The van der Waals surface area contributed by atoms with E-state index in [0.717, 1.165) is 21.8 Å². The van der Waals surface area contributed by atoms with Gasteiger partial charge in [-0.2, -0.15) is 5.10 Å². The molecule has 0 aromatic carbocycles. The van der Waals surface area contributed by atoms with Crippen LogP contribution in [-0.4, -0.2) is 37.2 Å². The van der Waals surface area contributed by atoms with Crippen molar-refractivity contribution in [3.05, 3.63) is 12.5 Å². The van der Waals surface area contributed by atoms with Crippen molar-refractivity contribution in [1.29, 1.82) is 0 Å². The molecule has 6 heteroatoms. The standard InChI is InChI=1S/C10H14N4OS/c1-7(4-15)5-16-10-8-3-13-14(2)9(8)11-6-12-10/h3,6-7,15H,4-5H2,1-2H3. The third-order valence-corrected chi connectivity index (χ3v) is 3.64. The second-order valence-corrected chi connectivity index (χ2v) is 4.79. The largest absolute Gasteiger partial charge is 0.396 e. The highest BCUT2D eigenvalue weighted by atomic mass is 32.2. The first-order valence-corrected chi connectivity index (χ1v) is 6.07. The van der Waals surface area contributed by atoms with E-state index in [1.54, 1.807) is 29.0 Å². The van der Waals surface area contributed by atoms with Crippen LogP contribution in [0.25, 0.3) is 11.0 Å². The first kappa shape index (κ1) is 11.3. The molecule has 0 aliphatic heterocycles. The SMILES string of the molecule is CC(CO)CSc1ncnc2c1cnn2C. The number of hydrogen-bond acceptors (Lipinski definition) is 5. The predicted molar refractivity (Wildman–Crippen MR) is 63.3 cm³/mol. The van der Waals surface area contributed by atoms with E-state index in [1.165, 1.54) is 0 Å². The van der Waals surface area contributed by atoms with E-state index in [2.05, 4.69) is 15.1 Å². The van der Waals surface area contributed by atoms with Crippen molar-refractivity contribution in [1.82, 2.24) is 19.7 Å². The Kier molecular flexibility index (Phi) is 3.40. The molecule has 0 spiro atoms. The van der Waals surface area contributed by atoms with Gasteiger partial charge >= 0.3 is 0 Å². The minimum Gasteiger partial charge on any atom is -0.396 e. The van der Waals surface area contributed by atoms with Crippen molar-refractivity contribution in [2.45, 2.75) is 11.9 Å². The summed E-state index contributed by atoms with van der Waals surface area (Å²) >= 11 is 1.63. The van der Waals surface area contributed by atoms with Gasteiger partial charge in [0.25, 0.3) is 0 Å². The summed E-state index contributed by atoms with van der Waals surface area (Å²) in [6.45, 7) is 2.21. The predicted octanol–water partition coefficient (Wildman–Crippen LogP) is 1.08. The van der Waals surface area contributed by atoms with Gasteiger partial charge in [-0.1, -0.05) is 6.92 Å². The molecule has 0 saturated carbocycles. The van der Waals surface area contributed by atoms with Crippen molar-refractivity contribution in [2.24, 2.45) is 13.0 Å². The van der Waals surface area contributed by atoms with Gasteiger partial charge in [0.1, 0.15) is 11.4 Å². The zero-order valence-electron chi connectivity index (χ0n) is 9.29. The van der Waals surface area contributed by atoms with Crippen LogP contribution in [-0.2, 0) is 7.05 Å². The van der Waals surface area contributed by atoms with E-state index in [1.807, 2.05) is 14.0 Å². The monoisotopic (exact) mass is 238 g/mol. The molecule has 0 bridgehead atoms. The van der Waals surface area contributed by atoms with Crippen LogP contribution in [0.15, 0.2) is 17.6 Å². The van der Waals surface area contributed by atoms with Crippen LogP contribution in [0.3, 0.4) is 0 Å². The molecule has 0 saturated heterocycles. The van der Waals surface area contributed by atoms with Crippen LogP contribution in [0.2, 0.25) is 0 Å². The smallest absolute Gasteiger partial charge is 0.162 e. The minimum atomic E-state index is 0.203. The summed E-state index contributed by atoms with van der Waals surface area (Å²) in [5.74, 6) is 1.11. The summed E-state index contributed by atoms with van der Waals surface area (Å²) in [6, 6.07) is 0. The quantitative estimate of drug-likeness (QED) is 0.638. The maximum atomic E-state index is 8.97. The van der Waals surface area contributed by atoms with Crippen LogP contribution in [0.4, 0.5) is 0 Å². The molecular formula is C10H14N4OS. The lowest BCUT2D eigenvalue weighted by Gasteiger charge is -2.06. The fourth-order valence-electron chi connectivity index (χ4n) is 1.33. The fraction of sp³-hybridized carbons (Fsp3) is 0.500. The molecule has 0 fully saturated rings. The van der Waals surface area contributed by atoms with Gasteiger partial charge in [0, 0.05) is 19.4 Å². The molecule has 0 amide bonds. The second kappa shape index (κ2) is 4.80. The number of fused-ring (bicyclic) bond motifs is 1. The molecule has 5 nitrogen and oxygen atoms in total. The second-order valence-electron chi connectivity index (χ2n) is 3.78. The third kappa shape index (κ3) is 2.17. The van der Waals surface area contributed by atoms with Gasteiger partial charge in [-0.3, -0.25) is 4.68 Å². The van der Waals surface area contributed by atoms with E-state index in [4.69, 9.17) is 5.11 Å². The lowest BCUT2D eigenvalue weighted by Crippen LogP contribution is -2.03. The Hall–Kier alpha value is -1.14. The summed E-state index contributed by atoms with van der Waals surface area (Å²) in [5.41, 5.74) is 0.842. The first-order chi connectivity index (χ1) is 7.72. The number of aryl methyl sites for hydroxylation is 1. The van der Waals surface area contributed by atoms with E-state index in [-0.39, 0.29) is 12.5 Å². The number of thioether (sulfide) groups is 1. The van der Waals surface area contributed by atoms with Gasteiger partial charge in [0.15, 0.2) is 5.65 Å². The minimum absolute atomic E-state index is 0.203. The van der Waals surface area contributed by atoms with Crippen molar-refractivity contribution in [3.63, 3.8) is 0 Å². The number of hydrogen-bond donors (Lipinski definition) is 1. The first-order valence-electron chi connectivity index (χ1n) is 5.08. The highest BCUT2D eigenvalue weighted by Gasteiger charge is 2.09. The molecular weight excluding hydrogens is 224 g/mol. The van der Waals surface area contributed by atoms with Crippen LogP contribution in [0.5, 0.6) is 0 Å². The molecule has 2 aromatic rings. The van der Waals surface area contributed by atoms with Gasteiger partial charge in [-0.15, -0.1) is 11.8 Å². The number of aliphatic hydroxyl groups excluding tert-OH is 1. The zero-order chi connectivity index (χ0) is 11.5. The molecule has 1 unspecified atom stereocenters. The maximum Gasteiger partial charge on any atom is 0.162 e. The molecule has 0 aliphatic carbocycles. The van der Waals surface area contributed by atoms with Crippen molar-refractivity contribution < 1.29 is 5.11 Å². The summed E-state index contributed by atoms with van der Waals surface area (Å²) in [7, 11) is 1.86. The van der Waals surface area contributed by atoms with Crippen LogP contribution < -0.4 is 0 Å². The zero-order valence-corrected chi connectivity index (χ0v) is 10.1. The van der Waals surface area contributed by atoms with E-state index < -0.39 is 0 Å². The van der Waals surface area contributed by atoms with Crippen molar-refractivity contribution in [2.75, 3.05) is 12.4 Å². The third-order valence-electron chi connectivity index (χ3n) is 2.31. The summed E-state index contributed by atoms with van der Waals surface area (Å²) in [6.07, 6.45) is 3.33. The number of nitrogens with zero attached hydrogens (tertiary/aromatic N) is 4. The Morgan fingerprint density at radius 2 is 2.31 bits per heavy atom. The number of aliphatic hydroxyl groups is 1. The van der Waals surface area contributed by atoms with Gasteiger partial charge < -0.3 is 5.11 Å². The summed E-state index contributed by atoms with van der Waals surface area (Å²) < 4.78 is 1.73. The van der Waals surface area contributed by atoms with E-state index in [9.17, 15) is 0 Å². The highest BCUT2D eigenvalue weighted by Crippen LogP contribution is 2.25. The Labute approximate surface area is 97.9 Å². The molecule has 0 radical (unpaired) electrons. The summed E-state index contributed by atoms with van der Waals surface area (Å²) in [5, 5.41) is 15.0. The van der Waals surface area contributed by atoms with Crippen LogP contribution in [0, 0.1) is 5.92 Å². The molecule has 2 rings (SSSR count). The van der Waals surface area contributed by atoms with E-state index >= 15 is 0 Å². The topological polar surface area (TPSA) is 63.8 Å². The Morgan fingerprint density at radius 1 is 1.50 bits per heavy atom. The molecule has 0 aliphatic rings. The summed E-state index contributed by atoms with van der Waals surface area (Å²) in [4.78, 5) is 8.42. The molecule has 2 heterocycles. The van der Waals surface area contributed by atoms with Crippen LogP contribution >= 0.6 is 11.8 Å². The Balaban J connectivity index is 2.24. The van der Waals surface area contributed by atoms with Crippen molar-refractivity contribution >= 4 is 22.8 Å². The molecule has 16 heavy (non-hydrogen) atoms. The average molecular weight is 238 g/mol. The van der Waals surface area contributed by atoms with Gasteiger partial charge in [0.05, 0.1) is 11.6 Å². The van der Waals surface area contributed by atoms with Crippen molar-refractivity contribution in [3.8, 4) is 0 Å². The number of aromatic nitrogens is 4. The molecule has 86 valence electrons. The fourth-order valence-corrected chi connectivity index (χ4v) is 2.30. The molecule has 1 atom stereocenters. The lowest BCUT2D eigenvalue weighted by molar-refractivity contribution is 0.250. The maximum absolute atomic E-state index is 8.97. The van der Waals surface area contributed by atoms with Crippen LogP contribution in [0.1, 0.15) is 6.92 Å². The lowest BCUT2D eigenvalue weighted by atomic mass is 10.2. The van der Waals surface area contributed by atoms with Gasteiger partial charge in [-0.05, 0) is 5.92 Å². The molecule has 1 N–H and O–H groups in total. The van der Waals surface area contributed by atoms with Gasteiger partial charge in [0.2, 0.25) is 0 Å². The Morgan fingerprint density at radius 3 is 3.06 bits per heavy atom. The average Bonchev–Trinajstić information content (AvgIpc) is 2.69. The Bertz CT molecular complexity index is 485.